The van der Waals surface area contributed by atoms with Crippen LogP contribution in [0.5, 0.6) is 0 Å². The van der Waals surface area contributed by atoms with E-state index in [1.54, 1.807) is 0 Å². The van der Waals surface area contributed by atoms with E-state index in [-0.39, 0.29) is 0 Å². The topological polar surface area (TPSA) is 86.7 Å². The third-order valence-electron chi connectivity index (χ3n) is 4.21. The van der Waals surface area contributed by atoms with Gasteiger partial charge < -0.3 is 10.4 Å². The minimum absolute atomic E-state index is 0.349. The largest absolute Gasteiger partial charge is 0.380 e. The molecular formula is C20H19N5O. The summed E-state index contributed by atoms with van der Waals surface area (Å²) in [5.74, 6) is 1.63. The van der Waals surface area contributed by atoms with Gasteiger partial charge in [-0.1, -0.05) is 42.0 Å². The van der Waals surface area contributed by atoms with Crippen molar-refractivity contribution in [1.29, 1.82) is 0 Å². The van der Waals surface area contributed by atoms with Crippen molar-refractivity contribution in [1.82, 2.24) is 20.2 Å². The first-order valence-corrected chi connectivity index (χ1v) is 8.40. The number of benzene rings is 2. The molecule has 4 rings (SSSR count). The summed E-state index contributed by atoms with van der Waals surface area (Å²) in [5, 5.41) is 22.0. The van der Waals surface area contributed by atoms with Crippen molar-refractivity contribution >= 4 is 22.5 Å². The third kappa shape index (κ3) is 3.14. The van der Waals surface area contributed by atoms with Crippen molar-refractivity contribution in [3.63, 3.8) is 0 Å². The highest BCUT2D eigenvalue weighted by atomic mass is 16.3. The van der Waals surface area contributed by atoms with Gasteiger partial charge in [0.25, 0.3) is 0 Å². The normalized spacial score (nSPS) is 12.3. The molecule has 6 nitrogen and oxygen atoms in total. The van der Waals surface area contributed by atoms with Crippen LogP contribution in [-0.4, -0.2) is 25.3 Å². The number of anilines is 2. The fourth-order valence-electron chi connectivity index (χ4n) is 2.81. The van der Waals surface area contributed by atoms with Crippen molar-refractivity contribution in [2.45, 2.75) is 20.0 Å². The minimum atomic E-state index is -0.901. The SMILES string of the molecule is Cc1ccc([C@H](O)c2nc(Nc3cc(C)[nH]n3)c3ccccc3n2)cc1. The molecule has 0 amide bonds. The van der Waals surface area contributed by atoms with Gasteiger partial charge in [-0.15, -0.1) is 0 Å². The average Bonchev–Trinajstić information content (AvgIpc) is 3.06. The number of rotatable bonds is 4. The van der Waals surface area contributed by atoms with E-state index >= 15 is 0 Å². The molecule has 130 valence electrons. The van der Waals surface area contributed by atoms with Gasteiger partial charge in [0, 0.05) is 17.1 Å². The molecule has 1 atom stereocenters. The summed E-state index contributed by atoms with van der Waals surface area (Å²) in [6.07, 6.45) is -0.901. The molecule has 2 aromatic heterocycles. The Balaban J connectivity index is 1.79. The van der Waals surface area contributed by atoms with Gasteiger partial charge in [0.2, 0.25) is 0 Å². The molecule has 0 spiro atoms. The first-order valence-electron chi connectivity index (χ1n) is 8.40. The Labute approximate surface area is 151 Å². The molecule has 2 aromatic carbocycles. The molecule has 2 heterocycles. The summed E-state index contributed by atoms with van der Waals surface area (Å²) in [7, 11) is 0. The predicted molar refractivity (Wildman–Crippen MR) is 101 cm³/mol. The molecule has 0 unspecified atom stereocenters. The molecule has 0 aliphatic heterocycles. The lowest BCUT2D eigenvalue weighted by Gasteiger charge is -2.14. The fourth-order valence-corrected chi connectivity index (χ4v) is 2.81. The highest BCUT2D eigenvalue weighted by Gasteiger charge is 2.17. The number of hydrogen-bond acceptors (Lipinski definition) is 5. The van der Waals surface area contributed by atoms with E-state index in [1.165, 1.54) is 0 Å². The van der Waals surface area contributed by atoms with Crippen LogP contribution in [-0.2, 0) is 0 Å². The van der Waals surface area contributed by atoms with Gasteiger partial charge in [-0.05, 0) is 31.5 Å². The standard InChI is InChI=1S/C20H19N5O/c1-12-7-9-14(10-8-12)18(26)20-21-16-6-4-3-5-15(16)19(23-20)22-17-11-13(2)24-25-17/h3-11,18,26H,1-2H3,(H2,21,22,23,24,25)/t18-/m0/s1. The van der Waals surface area contributed by atoms with E-state index < -0.39 is 6.10 Å². The van der Waals surface area contributed by atoms with Crippen LogP contribution < -0.4 is 5.32 Å². The molecule has 0 saturated heterocycles. The molecule has 4 aromatic rings. The lowest BCUT2D eigenvalue weighted by molar-refractivity contribution is 0.210. The smallest absolute Gasteiger partial charge is 0.164 e. The molecule has 26 heavy (non-hydrogen) atoms. The Kier molecular flexibility index (Phi) is 4.10. The number of aromatic amines is 1. The number of para-hydroxylation sites is 1. The van der Waals surface area contributed by atoms with Gasteiger partial charge in [-0.25, -0.2) is 9.97 Å². The highest BCUT2D eigenvalue weighted by molar-refractivity contribution is 5.90. The number of aryl methyl sites for hydroxylation is 2. The van der Waals surface area contributed by atoms with Crippen LogP contribution in [0, 0.1) is 13.8 Å². The van der Waals surface area contributed by atoms with E-state index in [9.17, 15) is 5.11 Å². The summed E-state index contributed by atoms with van der Waals surface area (Å²) < 4.78 is 0. The van der Waals surface area contributed by atoms with Crippen LogP contribution >= 0.6 is 0 Å². The maximum absolute atomic E-state index is 10.8. The molecule has 0 saturated carbocycles. The highest BCUT2D eigenvalue weighted by Crippen LogP contribution is 2.27. The minimum Gasteiger partial charge on any atom is -0.380 e. The van der Waals surface area contributed by atoms with Crippen LogP contribution in [0.4, 0.5) is 11.6 Å². The van der Waals surface area contributed by atoms with Crippen LogP contribution in [0.2, 0.25) is 0 Å². The van der Waals surface area contributed by atoms with Gasteiger partial charge in [0.15, 0.2) is 11.6 Å². The second-order valence-corrected chi connectivity index (χ2v) is 6.32. The molecule has 0 radical (unpaired) electrons. The van der Waals surface area contributed by atoms with Gasteiger partial charge >= 0.3 is 0 Å². The number of hydrogen-bond donors (Lipinski definition) is 3. The van der Waals surface area contributed by atoms with Crippen LogP contribution in [0.3, 0.4) is 0 Å². The number of aliphatic hydroxyl groups excluding tert-OH is 1. The molecule has 0 aliphatic carbocycles. The summed E-state index contributed by atoms with van der Waals surface area (Å²) in [5.41, 5.74) is 3.60. The monoisotopic (exact) mass is 345 g/mol. The third-order valence-corrected chi connectivity index (χ3v) is 4.21. The zero-order valence-corrected chi connectivity index (χ0v) is 14.6. The maximum Gasteiger partial charge on any atom is 0.164 e. The number of aromatic nitrogens is 4. The molecule has 0 fully saturated rings. The Morgan fingerprint density at radius 3 is 2.50 bits per heavy atom. The zero-order valence-electron chi connectivity index (χ0n) is 14.6. The summed E-state index contributed by atoms with van der Waals surface area (Å²) in [6.45, 7) is 3.94. The number of nitrogens with one attached hydrogen (secondary N) is 2. The number of nitrogens with zero attached hydrogens (tertiary/aromatic N) is 3. The molecule has 6 heteroatoms. The van der Waals surface area contributed by atoms with Gasteiger partial charge in [-0.2, -0.15) is 5.10 Å². The van der Waals surface area contributed by atoms with Gasteiger partial charge in [-0.3, -0.25) is 5.10 Å². The molecule has 3 N–H and O–H groups in total. The predicted octanol–water partition coefficient (Wildman–Crippen LogP) is 3.80. The van der Waals surface area contributed by atoms with Crippen molar-refractivity contribution in [2.75, 3.05) is 5.32 Å². The molecule has 0 bridgehead atoms. The van der Waals surface area contributed by atoms with Crippen molar-refractivity contribution in [3.05, 3.63) is 77.2 Å². The van der Waals surface area contributed by atoms with E-state index in [1.807, 2.05) is 68.4 Å². The van der Waals surface area contributed by atoms with Crippen LogP contribution in [0.15, 0.2) is 54.6 Å². The second-order valence-electron chi connectivity index (χ2n) is 6.32. The summed E-state index contributed by atoms with van der Waals surface area (Å²) in [6, 6.07) is 17.3. The first kappa shape index (κ1) is 16.2. The van der Waals surface area contributed by atoms with Crippen molar-refractivity contribution in [2.24, 2.45) is 0 Å². The van der Waals surface area contributed by atoms with E-state index in [0.29, 0.717) is 17.5 Å². The quantitative estimate of drug-likeness (QED) is 0.524. The van der Waals surface area contributed by atoms with E-state index in [2.05, 4.69) is 25.5 Å². The first-order chi connectivity index (χ1) is 12.6. The molecule has 0 aliphatic rings. The summed E-state index contributed by atoms with van der Waals surface area (Å²) in [4.78, 5) is 9.13. The Morgan fingerprint density at radius 1 is 1.00 bits per heavy atom. The number of fused-ring (bicyclic) bond motifs is 1. The van der Waals surface area contributed by atoms with Crippen LogP contribution in [0.25, 0.3) is 10.9 Å². The Bertz CT molecular complexity index is 1060. The van der Waals surface area contributed by atoms with Crippen molar-refractivity contribution < 1.29 is 5.11 Å². The maximum atomic E-state index is 10.8. The Morgan fingerprint density at radius 2 is 1.77 bits per heavy atom. The second kappa shape index (κ2) is 6.57. The van der Waals surface area contributed by atoms with Gasteiger partial charge in [0.05, 0.1) is 5.52 Å². The van der Waals surface area contributed by atoms with E-state index in [4.69, 9.17) is 0 Å². The Hall–Kier alpha value is -3.25. The van der Waals surface area contributed by atoms with Crippen molar-refractivity contribution in [3.8, 4) is 0 Å². The fraction of sp³-hybridized carbons (Fsp3) is 0.150. The molecular weight excluding hydrogens is 326 g/mol. The average molecular weight is 345 g/mol. The van der Waals surface area contributed by atoms with Crippen LogP contribution in [0.1, 0.15) is 28.7 Å². The van der Waals surface area contributed by atoms with E-state index in [0.717, 1.165) is 27.7 Å². The summed E-state index contributed by atoms with van der Waals surface area (Å²) >= 11 is 0. The zero-order chi connectivity index (χ0) is 18.1. The number of aliphatic hydroxyl groups is 1. The lowest BCUT2D eigenvalue weighted by Crippen LogP contribution is -2.08. The number of H-pyrrole nitrogens is 1. The van der Waals surface area contributed by atoms with Gasteiger partial charge in [0.1, 0.15) is 11.9 Å². The lowest BCUT2D eigenvalue weighted by atomic mass is 10.1.